The van der Waals surface area contributed by atoms with Gasteiger partial charge in [0.25, 0.3) is 0 Å². The molecule has 2 nitrogen and oxygen atoms in total. The maximum atomic E-state index is 5.32. The van der Waals surface area contributed by atoms with Crippen LogP contribution >= 0.6 is 24.8 Å². The number of aromatic nitrogens is 1. The molecule has 0 saturated heterocycles. The van der Waals surface area contributed by atoms with Crippen molar-refractivity contribution in [2.24, 2.45) is 0 Å². The number of halogens is 2. The molecule has 1 aliphatic rings. The summed E-state index contributed by atoms with van der Waals surface area (Å²) >= 11 is 0. The molecule has 0 bridgehead atoms. The Morgan fingerprint density at radius 2 is 2.12 bits per heavy atom. The van der Waals surface area contributed by atoms with E-state index < -0.39 is 0 Å². The molecule has 2 rings (SSSR count). The van der Waals surface area contributed by atoms with Crippen molar-refractivity contribution < 1.29 is 0 Å². The first-order valence-electron chi connectivity index (χ1n) is 4.70. The molecule has 1 atom stereocenters. The third-order valence-corrected chi connectivity index (χ3v) is 2.35. The summed E-state index contributed by atoms with van der Waals surface area (Å²) in [6.07, 6.45) is 14.2. The van der Waals surface area contributed by atoms with Crippen molar-refractivity contribution in [2.45, 2.75) is 12.5 Å². The molecule has 1 unspecified atom stereocenters. The summed E-state index contributed by atoms with van der Waals surface area (Å²) in [5, 5.41) is 3.39. The van der Waals surface area contributed by atoms with Crippen LogP contribution in [-0.2, 0) is 0 Å². The van der Waals surface area contributed by atoms with Gasteiger partial charge in [0.05, 0.1) is 0 Å². The molecule has 0 aromatic carbocycles. The van der Waals surface area contributed by atoms with E-state index in [-0.39, 0.29) is 24.8 Å². The smallest absolute Gasteiger partial charge is 0.0429 e. The van der Waals surface area contributed by atoms with Gasteiger partial charge in [0, 0.05) is 30.5 Å². The van der Waals surface area contributed by atoms with Gasteiger partial charge in [-0.05, 0) is 18.1 Å². The lowest BCUT2D eigenvalue weighted by Gasteiger charge is -2.19. The number of terminal acetylenes is 1. The van der Waals surface area contributed by atoms with Crippen LogP contribution in [0.3, 0.4) is 0 Å². The van der Waals surface area contributed by atoms with Gasteiger partial charge < -0.3 is 5.32 Å². The van der Waals surface area contributed by atoms with E-state index in [1.807, 2.05) is 12.3 Å². The van der Waals surface area contributed by atoms with E-state index in [9.17, 15) is 0 Å². The first kappa shape index (κ1) is 15.0. The Bertz CT molecular complexity index is 396. The van der Waals surface area contributed by atoms with Gasteiger partial charge in [-0.15, -0.1) is 31.2 Å². The fraction of sp³-hybridized carbons (Fsp3) is 0.250. The fourth-order valence-electron chi connectivity index (χ4n) is 1.59. The van der Waals surface area contributed by atoms with Crippen molar-refractivity contribution in [1.29, 1.82) is 0 Å². The van der Waals surface area contributed by atoms with E-state index >= 15 is 0 Å². The highest BCUT2D eigenvalue weighted by Crippen LogP contribution is 2.19. The number of nitrogens with zero attached hydrogens (tertiary/aromatic N) is 1. The van der Waals surface area contributed by atoms with Gasteiger partial charge in [-0.3, -0.25) is 4.98 Å². The largest absolute Gasteiger partial charge is 0.306 e. The molecule has 2 heterocycles. The van der Waals surface area contributed by atoms with E-state index in [0.29, 0.717) is 6.04 Å². The minimum Gasteiger partial charge on any atom is -0.306 e. The third kappa shape index (κ3) is 3.53. The molecule has 0 amide bonds. The Hall–Kier alpha value is -1.01. The van der Waals surface area contributed by atoms with Crippen molar-refractivity contribution in [3.8, 4) is 12.3 Å². The van der Waals surface area contributed by atoms with Gasteiger partial charge >= 0.3 is 0 Å². The van der Waals surface area contributed by atoms with Crippen LogP contribution in [0.2, 0.25) is 0 Å². The zero-order valence-electron chi connectivity index (χ0n) is 8.72. The predicted octanol–water partition coefficient (Wildman–Crippen LogP) is 2.50. The first-order valence-corrected chi connectivity index (χ1v) is 4.70. The lowest BCUT2D eigenvalue weighted by atomic mass is 10.0. The molecule has 4 heteroatoms. The van der Waals surface area contributed by atoms with E-state index in [1.165, 1.54) is 5.56 Å². The Morgan fingerprint density at radius 1 is 1.31 bits per heavy atom. The molecule has 0 saturated carbocycles. The molecule has 1 aliphatic heterocycles. The average Bonchev–Trinajstić information content (AvgIpc) is 2.30. The van der Waals surface area contributed by atoms with Crippen LogP contribution in [0, 0.1) is 12.3 Å². The van der Waals surface area contributed by atoms with Gasteiger partial charge in [0.15, 0.2) is 0 Å². The summed E-state index contributed by atoms with van der Waals surface area (Å²) in [6.45, 7) is 0.922. The highest BCUT2D eigenvalue weighted by Gasteiger charge is 2.11. The standard InChI is InChI=1S/C12H12N2.2ClH/c1-2-10-7-11(9-13-8-10)12-5-3-4-6-14-12;;/h1,3-4,7-9,12,14H,5-6H2;2*1H. The molecule has 16 heavy (non-hydrogen) atoms. The Labute approximate surface area is 108 Å². The Kier molecular flexibility index (Phi) is 6.83. The zero-order chi connectivity index (χ0) is 9.80. The van der Waals surface area contributed by atoms with E-state index in [0.717, 1.165) is 18.5 Å². The van der Waals surface area contributed by atoms with Gasteiger partial charge in [0.1, 0.15) is 0 Å². The van der Waals surface area contributed by atoms with Gasteiger partial charge in [-0.25, -0.2) is 0 Å². The topological polar surface area (TPSA) is 24.9 Å². The average molecular weight is 257 g/mol. The minimum absolute atomic E-state index is 0. The summed E-state index contributed by atoms with van der Waals surface area (Å²) in [5.41, 5.74) is 2.02. The van der Waals surface area contributed by atoms with E-state index in [4.69, 9.17) is 6.42 Å². The summed E-state index contributed by atoms with van der Waals surface area (Å²) in [5.74, 6) is 2.60. The minimum atomic E-state index is 0. The lowest BCUT2D eigenvalue weighted by Crippen LogP contribution is -2.23. The highest BCUT2D eigenvalue weighted by molar-refractivity contribution is 5.85. The molecule has 1 aromatic heterocycles. The van der Waals surface area contributed by atoms with Crippen LogP contribution in [0.15, 0.2) is 30.6 Å². The van der Waals surface area contributed by atoms with Crippen LogP contribution in [0.4, 0.5) is 0 Å². The number of nitrogens with one attached hydrogen (secondary N) is 1. The van der Waals surface area contributed by atoms with Crippen molar-refractivity contribution in [3.05, 3.63) is 41.7 Å². The quantitative estimate of drug-likeness (QED) is 0.617. The second-order valence-corrected chi connectivity index (χ2v) is 3.32. The van der Waals surface area contributed by atoms with Crippen LogP contribution in [0.1, 0.15) is 23.6 Å². The maximum Gasteiger partial charge on any atom is 0.0429 e. The zero-order valence-corrected chi connectivity index (χ0v) is 10.4. The fourth-order valence-corrected chi connectivity index (χ4v) is 1.59. The molecule has 1 N–H and O–H groups in total. The third-order valence-electron chi connectivity index (χ3n) is 2.35. The molecule has 0 radical (unpaired) electrons. The number of rotatable bonds is 1. The van der Waals surface area contributed by atoms with Crippen LogP contribution in [-0.4, -0.2) is 11.5 Å². The van der Waals surface area contributed by atoms with Crippen LogP contribution < -0.4 is 5.32 Å². The summed E-state index contributed by atoms with van der Waals surface area (Å²) in [4.78, 5) is 4.12. The predicted molar refractivity (Wildman–Crippen MR) is 71.2 cm³/mol. The Morgan fingerprint density at radius 3 is 2.75 bits per heavy atom. The van der Waals surface area contributed by atoms with Crippen LogP contribution in [0.5, 0.6) is 0 Å². The normalized spacial score (nSPS) is 17.8. The van der Waals surface area contributed by atoms with Gasteiger partial charge in [-0.1, -0.05) is 18.1 Å². The highest BCUT2D eigenvalue weighted by atomic mass is 35.5. The number of hydrogen-bond donors (Lipinski definition) is 1. The second kappa shape index (κ2) is 7.29. The summed E-state index contributed by atoms with van der Waals surface area (Å²) in [7, 11) is 0. The molecule has 0 spiro atoms. The van der Waals surface area contributed by atoms with Gasteiger partial charge in [-0.2, -0.15) is 0 Å². The summed E-state index contributed by atoms with van der Waals surface area (Å²) < 4.78 is 0. The monoisotopic (exact) mass is 256 g/mol. The number of pyridine rings is 1. The first-order chi connectivity index (χ1) is 6.90. The van der Waals surface area contributed by atoms with E-state index in [1.54, 1.807) is 6.20 Å². The Balaban J connectivity index is 0.00000112. The van der Waals surface area contributed by atoms with Crippen molar-refractivity contribution in [2.75, 3.05) is 6.54 Å². The van der Waals surface area contributed by atoms with Crippen molar-refractivity contribution in [1.82, 2.24) is 10.3 Å². The number of hydrogen-bond acceptors (Lipinski definition) is 2. The molecular weight excluding hydrogens is 243 g/mol. The molecular formula is C12H14Cl2N2. The second-order valence-electron chi connectivity index (χ2n) is 3.32. The maximum absolute atomic E-state index is 5.32. The lowest BCUT2D eigenvalue weighted by molar-refractivity contribution is 0.553. The molecule has 0 fully saturated rings. The SMILES string of the molecule is C#Cc1cncc(C2CC=CCN2)c1.Cl.Cl. The summed E-state index contributed by atoms with van der Waals surface area (Å²) in [6, 6.07) is 2.38. The molecule has 0 aliphatic carbocycles. The molecule has 1 aromatic rings. The van der Waals surface area contributed by atoms with Crippen LogP contribution in [0.25, 0.3) is 0 Å². The van der Waals surface area contributed by atoms with Crippen molar-refractivity contribution >= 4 is 24.8 Å². The van der Waals surface area contributed by atoms with E-state index in [2.05, 4.69) is 28.4 Å². The molecule has 86 valence electrons. The van der Waals surface area contributed by atoms with Crippen molar-refractivity contribution in [3.63, 3.8) is 0 Å². The van der Waals surface area contributed by atoms with Gasteiger partial charge in [0.2, 0.25) is 0 Å².